The van der Waals surface area contributed by atoms with Gasteiger partial charge in [-0.15, -0.1) is 5.10 Å². The van der Waals surface area contributed by atoms with Gasteiger partial charge in [0.05, 0.1) is 12.9 Å². The van der Waals surface area contributed by atoms with Crippen LogP contribution in [0.5, 0.6) is 11.5 Å². The van der Waals surface area contributed by atoms with E-state index in [1.54, 1.807) is 7.11 Å². The van der Waals surface area contributed by atoms with Gasteiger partial charge in [0.15, 0.2) is 11.5 Å². The number of ether oxygens (including phenoxy) is 2. The molecular formula is C23H28N4O3S. The summed E-state index contributed by atoms with van der Waals surface area (Å²) in [6, 6.07) is 15.6. The van der Waals surface area contributed by atoms with E-state index in [2.05, 4.69) is 41.3 Å². The quantitative estimate of drug-likeness (QED) is 0.487. The number of aromatic nitrogens is 3. The summed E-state index contributed by atoms with van der Waals surface area (Å²) < 4.78 is 11.3. The minimum Gasteiger partial charge on any atom is -0.493 e. The van der Waals surface area contributed by atoms with E-state index in [1.165, 1.54) is 11.8 Å². The van der Waals surface area contributed by atoms with E-state index < -0.39 is 0 Å². The highest BCUT2D eigenvalue weighted by Crippen LogP contribution is 2.29. The summed E-state index contributed by atoms with van der Waals surface area (Å²) in [7, 11) is 1.60. The first-order valence-corrected chi connectivity index (χ1v) is 11.0. The number of hydrogen-bond acceptors (Lipinski definition) is 6. The number of hydrogen-bond donors (Lipinski definition) is 2. The summed E-state index contributed by atoms with van der Waals surface area (Å²) in [5, 5.41) is 10.6. The summed E-state index contributed by atoms with van der Waals surface area (Å²) >= 11 is 1.31. The monoisotopic (exact) mass is 440 g/mol. The van der Waals surface area contributed by atoms with Crippen LogP contribution in [0.4, 0.5) is 0 Å². The largest absolute Gasteiger partial charge is 0.493 e. The number of H-pyrrole nitrogens is 1. The zero-order valence-corrected chi connectivity index (χ0v) is 19.1. The van der Waals surface area contributed by atoms with Crippen molar-refractivity contribution in [3.05, 3.63) is 65.5 Å². The van der Waals surface area contributed by atoms with E-state index in [0.29, 0.717) is 29.8 Å². The molecule has 0 unspecified atom stereocenters. The van der Waals surface area contributed by atoms with Crippen molar-refractivity contribution in [1.29, 1.82) is 0 Å². The Hall–Kier alpha value is -3.00. The number of aromatic amines is 1. The van der Waals surface area contributed by atoms with Gasteiger partial charge in [-0.1, -0.05) is 68.9 Å². The lowest BCUT2D eigenvalue weighted by Crippen LogP contribution is -2.24. The molecule has 31 heavy (non-hydrogen) atoms. The molecule has 1 amide bonds. The van der Waals surface area contributed by atoms with E-state index in [1.807, 2.05) is 48.5 Å². The minimum absolute atomic E-state index is 0.0875. The second-order valence-corrected chi connectivity index (χ2v) is 8.98. The molecule has 2 aromatic carbocycles. The Balaban J connectivity index is 1.49. The molecule has 0 spiro atoms. The molecule has 0 aliphatic heterocycles. The number of carbonyl (C=O) groups excluding carboxylic acids is 1. The van der Waals surface area contributed by atoms with E-state index >= 15 is 0 Å². The maximum absolute atomic E-state index is 12.2. The van der Waals surface area contributed by atoms with Gasteiger partial charge >= 0.3 is 0 Å². The van der Waals surface area contributed by atoms with Crippen LogP contribution in [0, 0.1) is 0 Å². The van der Waals surface area contributed by atoms with Crippen LogP contribution < -0.4 is 14.8 Å². The standard InChI is InChI=1S/C23H28N4O3S/c1-23(2,3)21-25-22(27-26-21)31-15-20(28)24-13-17-10-11-18(19(12-17)29-4)30-14-16-8-6-5-7-9-16/h5-12H,13-15H2,1-4H3,(H,24,28)(H,25,26,27). The SMILES string of the molecule is COc1cc(CNC(=O)CSc2n[nH]c(C(C)(C)C)n2)ccc1OCc1ccccc1. The lowest BCUT2D eigenvalue weighted by atomic mass is 9.96. The van der Waals surface area contributed by atoms with Crippen molar-refractivity contribution in [3.8, 4) is 11.5 Å². The molecule has 0 aliphatic rings. The molecule has 0 radical (unpaired) electrons. The smallest absolute Gasteiger partial charge is 0.230 e. The summed E-state index contributed by atoms with van der Waals surface area (Å²) in [4.78, 5) is 16.6. The lowest BCUT2D eigenvalue weighted by molar-refractivity contribution is -0.118. The van der Waals surface area contributed by atoms with Crippen molar-refractivity contribution in [1.82, 2.24) is 20.5 Å². The number of rotatable bonds is 9. The van der Waals surface area contributed by atoms with Crippen molar-refractivity contribution < 1.29 is 14.3 Å². The molecule has 8 heteroatoms. The Kier molecular flexibility index (Phi) is 7.57. The van der Waals surface area contributed by atoms with E-state index in [4.69, 9.17) is 9.47 Å². The Morgan fingerprint density at radius 1 is 1.10 bits per heavy atom. The van der Waals surface area contributed by atoms with Gasteiger partial charge in [0.1, 0.15) is 12.4 Å². The van der Waals surface area contributed by atoms with Gasteiger partial charge < -0.3 is 14.8 Å². The summed E-state index contributed by atoms with van der Waals surface area (Å²) in [6.45, 7) is 7.03. The highest BCUT2D eigenvalue weighted by molar-refractivity contribution is 7.99. The fourth-order valence-electron chi connectivity index (χ4n) is 2.70. The molecule has 0 aliphatic carbocycles. The number of thioether (sulfide) groups is 1. The van der Waals surface area contributed by atoms with Gasteiger partial charge in [-0.2, -0.15) is 0 Å². The third-order valence-electron chi connectivity index (χ3n) is 4.46. The fourth-order valence-corrected chi connectivity index (χ4v) is 3.33. The van der Waals surface area contributed by atoms with Crippen LogP contribution in [0.2, 0.25) is 0 Å². The Bertz CT molecular complexity index is 1000. The van der Waals surface area contributed by atoms with Crippen LogP contribution in [-0.2, 0) is 23.4 Å². The molecule has 3 aromatic rings. The van der Waals surface area contributed by atoms with Crippen LogP contribution in [0.1, 0.15) is 37.7 Å². The molecule has 0 saturated carbocycles. The van der Waals surface area contributed by atoms with Gasteiger partial charge in [-0.05, 0) is 23.3 Å². The molecule has 0 saturated heterocycles. The Labute approximate surface area is 187 Å². The Morgan fingerprint density at radius 2 is 1.87 bits per heavy atom. The number of nitrogens with zero attached hydrogens (tertiary/aromatic N) is 2. The number of carbonyl (C=O) groups is 1. The highest BCUT2D eigenvalue weighted by atomic mass is 32.2. The molecule has 0 bridgehead atoms. The molecule has 0 atom stereocenters. The Morgan fingerprint density at radius 3 is 2.55 bits per heavy atom. The predicted octanol–water partition coefficient (Wildman–Crippen LogP) is 4.10. The number of nitrogens with one attached hydrogen (secondary N) is 2. The third kappa shape index (κ3) is 6.75. The van der Waals surface area contributed by atoms with Gasteiger partial charge in [0.25, 0.3) is 0 Å². The molecular weight excluding hydrogens is 412 g/mol. The second kappa shape index (κ2) is 10.3. The average molecular weight is 441 g/mol. The minimum atomic E-state index is -0.107. The molecule has 2 N–H and O–H groups in total. The predicted molar refractivity (Wildman–Crippen MR) is 121 cm³/mol. The fraction of sp³-hybridized carbons (Fsp3) is 0.348. The van der Waals surface area contributed by atoms with Crippen molar-refractivity contribution in [2.45, 2.75) is 44.5 Å². The first kappa shape index (κ1) is 22.7. The number of benzene rings is 2. The molecule has 3 rings (SSSR count). The maximum atomic E-state index is 12.2. The van der Waals surface area contributed by atoms with Crippen molar-refractivity contribution in [2.24, 2.45) is 0 Å². The van der Waals surface area contributed by atoms with E-state index in [9.17, 15) is 4.79 Å². The first-order valence-electron chi connectivity index (χ1n) is 10.0. The van der Waals surface area contributed by atoms with Crippen LogP contribution in [-0.4, -0.2) is 34.0 Å². The number of amides is 1. The van der Waals surface area contributed by atoms with Crippen LogP contribution in [0.3, 0.4) is 0 Å². The first-order chi connectivity index (χ1) is 14.8. The summed E-state index contributed by atoms with van der Waals surface area (Å²) in [5.41, 5.74) is 1.90. The number of methoxy groups -OCH3 is 1. The van der Waals surface area contributed by atoms with Crippen LogP contribution in [0.15, 0.2) is 53.7 Å². The van der Waals surface area contributed by atoms with Gasteiger partial charge in [0, 0.05) is 12.0 Å². The normalized spacial score (nSPS) is 11.2. The molecule has 0 fully saturated rings. The van der Waals surface area contributed by atoms with Crippen molar-refractivity contribution >= 4 is 17.7 Å². The van der Waals surface area contributed by atoms with Crippen molar-refractivity contribution in [3.63, 3.8) is 0 Å². The average Bonchev–Trinajstić information content (AvgIpc) is 3.25. The highest BCUT2D eigenvalue weighted by Gasteiger charge is 2.19. The zero-order chi connectivity index (χ0) is 22.3. The van der Waals surface area contributed by atoms with Crippen LogP contribution in [0.25, 0.3) is 0 Å². The van der Waals surface area contributed by atoms with E-state index in [0.717, 1.165) is 17.0 Å². The van der Waals surface area contributed by atoms with Gasteiger partial charge in [-0.25, -0.2) is 4.98 Å². The molecule has 7 nitrogen and oxygen atoms in total. The van der Waals surface area contributed by atoms with Gasteiger partial charge in [-0.3, -0.25) is 9.89 Å². The van der Waals surface area contributed by atoms with Crippen molar-refractivity contribution in [2.75, 3.05) is 12.9 Å². The maximum Gasteiger partial charge on any atom is 0.230 e. The topological polar surface area (TPSA) is 89.1 Å². The zero-order valence-electron chi connectivity index (χ0n) is 18.3. The lowest BCUT2D eigenvalue weighted by Gasteiger charge is -2.13. The summed E-state index contributed by atoms with van der Waals surface area (Å²) in [6.07, 6.45) is 0. The summed E-state index contributed by atoms with van der Waals surface area (Å²) in [5.74, 6) is 2.26. The van der Waals surface area contributed by atoms with E-state index in [-0.39, 0.29) is 17.1 Å². The second-order valence-electron chi connectivity index (χ2n) is 8.04. The van der Waals surface area contributed by atoms with Crippen LogP contribution >= 0.6 is 11.8 Å². The third-order valence-corrected chi connectivity index (χ3v) is 5.31. The molecule has 1 heterocycles. The molecule has 164 valence electrons. The van der Waals surface area contributed by atoms with Gasteiger partial charge in [0.2, 0.25) is 11.1 Å². The molecule has 1 aromatic heterocycles.